The molecule has 0 bridgehead atoms. The highest BCUT2D eigenvalue weighted by atomic mass is 19.2. The molecule has 3 atom stereocenters. The van der Waals surface area contributed by atoms with Crippen molar-refractivity contribution in [3.63, 3.8) is 0 Å². The highest BCUT2D eigenvalue weighted by molar-refractivity contribution is 5.02. The van der Waals surface area contributed by atoms with Crippen molar-refractivity contribution in [3.8, 4) is 0 Å². The van der Waals surface area contributed by atoms with Gasteiger partial charge in [0.1, 0.15) is 12.8 Å². The molecule has 1 unspecified atom stereocenters. The maximum absolute atomic E-state index is 13.6. The fourth-order valence-electron chi connectivity index (χ4n) is 1.81. The average molecular weight is 262 g/mol. The number of aromatic amines is 1. The van der Waals surface area contributed by atoms with Crippen LogP contribution >= 0.6 is 0 Å². The maximum Gasteiger partial charge on any atom is 0.330 e. The minimum absolute atomic E-state index is 0.217. The molecule has 1 aliphatic heterocycles. The smallest absolute Gasteiger partial charge is 0.330 e. The van der Waals surface area contributed by atoms with Gasteiger partial charge in [-0.05, 0) is 6.92 Å². The Bertz CT molecular complexity index is 570. The van der Waals surface area contributed by atoms with Crippen molar-refractivity contribution in [2.75, 3.05) is 6.61 Å². The normalized spacial score (nSPS) is 31.8. The molecular weight excluding hydrogens is 250 g/mol. The van der Waals surface area contributed by atoms with Crippen LogP contribution in [0.2, 0.25) is 0 Å². The second kappa shape index (κ2) is 4.29. The van der Waals surface area contributed by atoms with Crippen molar-refractivity contribution in [3.05, 3.63) is 32.6 Å². The molecule has 6 nitrogen and oxygen atoms in total. The van der Waals surface area contributed by atoms with E-state index in [1.165, 1.54) is 13.1 Å². The lowest BCUT2D eigenvalue weighted by atomic mass is 10.2. The van der Waals surface area contributed by atoms with E-state index in [0.29, 0.717) is 0 Å². The van der Waals surface area contributed by atoms with Gasteiger partial charge in [0.15, 0.2) is 6.17 Å². The van der Waals surface area contributed by atoms with Gasteiger partial charge in [-0.2, -0.15) is 0 Å². The summed E-state index contributed by atoms with van der Waals surface area (Å²) in [5, 5.41) is 8.74. The van der Waals surface area contributed by atoms with E-state index in [2.05, 4.69) is 0 Å². The number of aliphatic hydroxyl groups excluding tert-OH is 1. The highest BCUT2D eigenvalue weighted by Crippen LogP contribution is 2.38. The molecule has 2 N–H and O–H groups in total. The molecule has 0 radical (unpaired) electrons. The summed E-state index contributed by atoms with van der Waals surface area (Å²) in [5.41, 5.74) is -1.17. The summed E-state index contributed by atoms with van der Waals surface area (Å²) >= 11 is 0. The molecule has 1 saturated heterocycles. The topological polar surface area (TPSA) is 84.3 Å². The van der Waals surface area contributed by atoms with Crippen molar-refractivity contribution in [2.45, 2.75) is 31.6 Å². The number of aromatic nitrogens is 2. The number of alkyl halides is 2. The third-order valence-corrected chi connectivity index (χ3v) is 2.88. The summed E-state index contributed by atoms with van der Waals surface area (Å²) in [6, 6.07) is 0. The molecule has 0 amide bonds. The summed E-state index contributed by atoms with van der Waals surface area (Å²) in [6.07, 6.45) is -2.48. The minimum atomic E-state index is -2.81. The Labute approximate surface area is 99.8 Å². The Morgan fingerprint density at radius 1 is 1.67 bits per heavy atom. The van der Waals surface area contributed by atoms with Gasteiger partial charge in [0, 0.05) is 18.2 Å². The molecule has 1 fully saturated rings. The molecule has 1 aliphatic rings. The summed E-state index contributed by atoms with van der Waals surface area (Å²) in [4.78, 5) is 24.7. The Balaban J connectivity index is 2.38. The molecule has 2 rings (SSSR count). The standard InChI is InChI=1S/C10H12F2N2O4/c1-5-3-14(9(17)13-8(5)16)7-2-6(11)10(12,4-15)18-7/h3,6-7,15H,2,4H2,1H3,(H,13,16,17)/t6-,7?,10+/m0/s1. The van der Waals surface area contributed by atoms with Crippen LogP contribution in [0.4, 0.5) is 8.78 Å². The lowest BCUT2D eigenvalue weighted by molar-refractivity contribution is -0.196. The van der Waals surface area contributed by atoms with E-state index in [0.717, 1.165) is 4.57 Å². The maximum atomic E-state index is 13.6. The van der Waals surface area contributed by atoms with Gasteiger partial charge in [0.25, 0.3) is 11.4 Å². The predicted molar refractivity (Wildman–Crippen MR) is 56.6 cm³/mol. The number of H-pyrrole nitrogens is 1. The fourth-order valence-corrected chi connectivity index (χ4v) is 1.81. The SMILES string of the molecule is Cc1cn(C2C[C@H](F)[C@@](F)(CO)O2)c(=O)[nH]c1=O. The summed E-state index contributed by atoms with van der Waals surface area (Å²) in [6.45, 7) is 0.313. The quantitative estimate of drug-likeness (QED) is 0.770. The van der Waals surface area contributed by atoms with E-state index in [9.17, 15) is 18.4 Å². The van der Waals surface area contributed by atoms with Gasteiger partial charge in [-0.1, -0.05) is 0 Å². The molecule has 8 heteroatoms. The molecule has 2 heterocycles. The van der Waals surface area contributed by atoms with Crippen molar-refractivity contribution in [2.24, 2.45) is 0 Å². The fraction of sp³-hybridized carbons (Fsp3) is 0.600. The molecule has 1 aromatic heterocycles. The summed E-state index contributed by atoms with van der Waals surface area (Å²) in [7, 11) is 0. The lowest BCUT2D eigenvalue weighted by Gasteiger charge is -2.19. The zero-order chi connectivity index (χ0) is 13.5. The van der Waals surface area contributed by atoms with Gasteiger partial charge in [-0.3, -0.25) is 14.3 Å². The number of hydrogen-bond acceptors (Lipinski definition) is 4. The number of ether oxygens (including phenoxy) is 1. The minimum Gasteiger partial charge on any atom is -0.390 e. The molecule has 18 heavy (non-hydrogen) atoms. The van der Waals surface area contributed by atoms with Gasteiger partial charge in [0.05, 0.1) is 0 Å². The monoisotopic (exact) mass is 262 g/mol. The van der Waals surface area contributed by atoms with E-state index < -0.39 is 42.5 Å². The van der Waals surface area contributed by atoms with E-state index in [1.54, 1.807) is 0 Å². The first kappa shape index (κ1) is 12.9. The summed E-state index contributed by atoms with van der Waals surface area (Å²) in [5.74, 6) is -2.81. The number of halogens is 2. The third-order valence-electron chi connectivity index (χ3n) is 2.88. The summed E-state index contributed by atoms with van der Waals surface area (Å²) < 4.78 is 32.6. The van der Waals surface area contributed by atoms with Gasteiger partial charge < -0.3 is 9.84 Å². The Hall–Kier alpha value is -1.54. The first-order valence-electron chi connectivity index (χ1n) is 5.31. The van der Waals surface area contributed by atoms with E-state index in [4.69, 9.17) is 9.84 Å². The molecule has 100 valence electrons. The van der Waals surface area contributed by atoms with Gasteiger partial charge in [-0.25, -0.2) is 13.6 Å². The number of hydrogen-bond donors (Lipinski definition) is 2. The van der Waals surface area contributed by atoms with Crippen LogP contribution < -0.4 is 11.2 Å². The van der Waals surface area contributed by atoms with Crippen LogP contribution in [0.5, 0.6) is 0 Å². The van der Waals surface area contributed by atoms with Crippen molar-refractivity contribution >= 4 is 0 Å². The van der Waals surface area contributed by atoms with E-state index >= 15 is 0 Å². The van der Waals surface area contributed by atoms with Crippen LogP contribution in [-0.2, 0) is 4.74 Å². The second-order valence-electron chi connectivity index (χ2n) is 4.20. The van der Waals surface area contributed by atoms with Gasteiger partial charge in [0.2, 0.25) is 0 Å². The average Bonchev–Trinajstić information content (AvgIpc) is 2.61. The molecular formula is C10H12F2N2O4. The molecule has 0 spiro atoms. The van der Waals surface area contributed by atoms with Crippen molar-refractivity contribution < 1.29 is 18.6 Å². The third kappa shape index (κ3) is 1.97. The molecule has 1 aromatic rings. The number of aliphatic hydroxyl groups is 1. The first-order valence-corrected chi connectivity index (χ1v) is 5.31. The van der Waals surface area contributed by atoms with Crippen LogP contribution in [0.1, 0.15) is 18.2 Å². The van der Waals surface area contributed by atoms with Gasteiger partial charge in [-0.15, -0.1) is 0 Å². The van der Waals surface area contributed by atoms with Crippen LogP contribution in [0, 0.1) is 6.92 Å². The Kier molecular flexibility index (Phi) is 3.07. The molecule has 0 aromatic carbocycles. The highest BCUT2D eigenvalue weighted by Gasteiger charge is 2.50. The van der Waals surface area contributed by atoms with Crippen LogP contribution in [-0.4, -0.2) is 33.3 Å². The number of nitrogens with one attached hydrogen (secondary N) is 1. The molecule has 0 aliphatic carbocycles. The predicted octanol–water partition coefficient (Wildman–Crippen LogP) is -0.240. The van der Waals surface area contributed by atoms with Crippen LogP contribution in [0.3, 0.4) is 0 Å². The largest absolute Gasteiger partial charge is 0.390 e. The van der Waals surface area contributed by atoms with Crippen molar-refractivity contribution in [1.29, 1.82) is 0 Å². The number of nitrogens with zero attached hydrogens (tertiary/aromatic N) is 1. The lowest BCUT2D eigenvalue weighted by Crippen LogP contribution is -2.37. The number of rotatable bonds is 2. The van der Waals surface area contributed by atoms with Crippen molar-refractivity contribution in [1.82, 2.24) is 9.55 Å². The molecule has 0 saturated carbocycles. The number of aryl methyl sites for hydroxylation is 1. The zero-order valence-electron chi connectivity index (χ0n) is 9.52. The Morgan fingerprint density at radius 2 is 2.33 bits per heavy atom. The first-order chi connectivity index (χ1) is 8.37. The van der Waals surface area contributed by atoms with E-state index in [1.807, 2.05) is 4.98 Å². The van der Waals surface area contributed by atoms with Crippen LogP contribution in [0.25, 0.3) is 0 Å². The second-order valence-corrected chi connectivity index (χ2v) is 4.20. The van der Waals surface area contributed by atoms with Gasteiger partial charge >= 0.3 is 5.69 Å². The zero-order valence-corrected chi connectivity index (χ0v) is 9.52. The van der Waals surface area contributed by atoms with E-state index in [-0.39, 0.29) is 5.56 Å². The Morgan fingerprint density at radius 3 is 2.89 bits per heavy atom. The van der Waals surface area contributed by atoms with Crippen LogP contribution in [0.15, 0.2) is 15.8 Å².